The Hall–Kier alpha value is -2.55. The van der Waals surface area contributed by atoms with E-state index in [1.165, 1.54) is 4.90 Å². The van der Waals surface area contributed by atoms with E-state index in [0.717, 1.165) is 24.8 Å². The van der Waals surface area contributed by atoms with Gasteiger partial charge >= 0.3 is 6.09 Å². The zero-order valence-electron chi connectivity index (χ0n) is 17.9. The summed E-state index contributed by atoms with van der Waals surface area (Å²) in [5.74, 6) is -0.833. The summed E-state index contributed by atoms with van der Waals surface area (Å²) in [4.78, 5) is 51.6. The summed E-state index contributed by atoms with van der Waals surface area (Å²) in [6.07, 6.45) is 3.87. The molecule has 0 radical (unpaired) electrons. The van der Waals surface area contributed by atoms with Gasteiger partial charge in [0.05, 0.1) is 6.04 Å². The van der Waals surface area contributed by atoms with Gasteiger partial charge in [0.2, 0.25) is 16.9 Å². The van der Waals surface area contributed by atoms with E-state index in [1.54, 1.807) is 0 Å². The van der Waals surface area contributed by atoms with Crippen LogP contribution in [0.3, 0.4) is 0 Å². The summed E-state index contributed by atoms with van der Waals surface area (Å²) in [7, 11) is 0. The van der Waals surface area contributed by atoms with E-state index in [0.29, 0.717) is 25.9 Å². The highest BCUT2D eigenvalue weighted by Gasteiger charge is 2.52. The SMILES string of the molecule is O=C1NCC[C@H]1C[C@H](NC(=O)[C@@H]1CC2(CCC2)CN1C(=O)OCc1ccccc1)C(=O)S. The van der Waals surface area contributed by atoms with Crippen LogP contribution in [0.5, 0.6) is 0 Å². The fourth-order valence-corrected chi connectivity index (χ4v) is 5.14. The smallest absolute Gasteiger partial charge is 0.410 e. The first-order chi connectivity index (χ1) is 15.4. The lowest BCUT2D eigenvalue weighted by atomic mass is 9.67. The summed E-state index contributed by atoms with van der Waals surface area (Å²) in [5, 5.41) is 5.00. The van der Waals surface area contributed by atoms with Crippen LogP contribution >= 0.6 is 12.6 Å². The van der Waals surface area contributed by atoms with Gasteiger partial charge < -0.3 is 15.4 Å². The molecule has 1 spiro atoms. The van der Waals surface area contributed by atoms with Crippen LogP contribution in [-0.2, 0) is 25.7 Å². The summed E-state index contributed by atoms with van der Waals surface area (Å²) in [5.41, 5.74) is 0.814. The lowest BCUT2D eigenvalue weighted by Crippen LogP contribution is -2.51. The molecule has 0 bridgehead atoms. The number of thiol groups is 1. The Balaban J connectivity index is 1.42. The fourth-order valence-electron chi connectivity index (χ4n) is 4.97. The summed E-state index contributed by atoms with van der Waals surface area (Å²) in [6, 6.07) is 7.80. The van der Waals surface area contributed by atoms with Crippen LogP contribution in [0.25, 0.3) is 0 Å². The second kappa shape index (κ2) is 9.52. The highest BCUT2D eigenvalue weighted by molar-refractivity contribution is 7.96. The van der Waals surface area contributed by atoms with E-state index in [-0.39, 0.29) is 30.3 Å². The van der Waals surface area contributed by atoms with Gasteiger partial charge in [-0.15, -0.1) is 12.6 Å². The van der Waals surface area contributed by atoms with Crippen LogP contribution in [0.1, 0.15) is 44.1 Å². The normalized spacial score (nSPS) is 24.5. The number of likely N-dealkylation sites (tertiary alicyclic amines) is 1. The van der Waals surface area contributed by atoms with Gasteiger partial charge in [0, 0.05) is 19.0 Å². The summed E-state index contributed by atoms with van der Waals surface area (Å²) >= 11 is 3.92. The van der Waals surface area contributed by atoms with Crippen LogP contribution < -0.4 is 10.6 Å². The van der Waals surface area contributed by atoms with E-state index in [9.17, 15) is 19.2 Å². The van der Waals surface area contributed by atoms with Gasteiger partial charge in [0.15, 0.2) is 0 Å². The Morgan fingerprint density at radius 2 is 2.00 bits per heavy atom. The third-order valence-electron chi connectivity index (χ3n) is 6.96. The largest absolute Gasteiger partial charge is 0.445 e. The zero-order valence-corrected chi connectivity index (χ0v) is 18.8. The third kappa shape index (κ3) is 4.92. The van der Waals surface area contributed by atoms with Crippen molar-refractivity contribution < 1.29 is 23.9 Å². The van der Waals surface area contributed by atoms with Crippen LogP contribution in [-0.4, -0.2) is 53.1 Å². The molecule has 0 unspecified atom stereocenters. The number of nitrogens with zero attached hydrogens (tertiary/aromatic N) is 1. The van der Waals surface area contributed by atoms with Crippen molar-refractivity contribution in [1.29, 1.82) is 0 Å². The number of carbonyl (C=O) groups excluding carboxylic acids is 4. The highest BCUT2D eigenvalue weighted by Crippen LogP contribution is 2.50. The molecule has 1 aromatic rings. The molecule has 2 saturated heterocycles. The molecule has 2 aliphatic heterocycles. The van der Waals surface area contributed by atoms with Gasteiger partial charge in [0.25, 0.3) is 0 Å². The van der Waals surface area contributed by atoms with Crippen molar-refractivity contribution in [3.8, 4) is 0 Å². The average Bonchev–Trinajstić information content (AvgIpc) is 3.36. The Bertz CT molecular complexity index is 889. The molecule has 3 amide bonds. The average molecular weight is 460 g/mol. The topological polar surface area (TPSA) is 105 Å². The molecule has 8 nitrogen and oxygen atoms in total. The van der Waals surface area contributed by atoms with Crippen molar-refractivity contribution in [1.82, 2.24) is 15.5 Å². The Morgan fingerprint density at radius 1 is 1.25 bits per heavy atom. The number of rotatable bonds is 7. The van der Waals surface area contributed by atoms with E-state index in [4.69, 9.17) is 4.74 Å². The second-order valence-corrected chi connectivity index (χ2v) is 9.59. The number of ether oxygens (including phenoxy) is 1. The molecule has 1 aromatic carbocycles. The van der Waals surface area contributed by atoms with Gasteiger partial charge in [-0.3, -0.25) is 19.3 Å². The predicted molar refractivity (Wildman–Crippen MR) is 120 cm³/mol. The van der Waals surface area contributed by atoms with Crippen molar-refractivity contribution in [3.63, 3.8) is 0 Å². The van der Waals surface area contributed by atoms with Gasteiger partial charge in [-0.25, -0.2) is 4.79 Å². The summed E-state index contributed by atoms with van der Waals surface area (Å²) in [6.45, 7) is 1.17. The molecule has 3 atom stereocenters. The fraction of sp³-hybridized carbons (Fsp3) is 0.565. The minimum absolute atomic E-state index is 0.0560. The highest BCUT2D eigenvalue weighted by atomic mass is 32.1. The molecule has 1 saturated carbocycles. The molecule has 32 heavy (non-hydrogen) atoms. The van der Waals surface area contributed by atoms with Crippen molar-refractivity contribution >= 4 is 35.7 Å². The number of carbonyl (C=O) groups is 4. The molecule has 2 N–H and O–H groups in total. The predicted octanol–water partition coefficient (Wildman–Crippen LogP) is 2.04. The molecule has 0 aromatic heterocycles. The summed E-state index contributed by atoms with van der Waals surface area (Å²) < 4.78 is 5.50. The van der Waals surface area contributed by atoms with E-state index in [2.05, 4.69) is 23.3 Å². The van der Waals surface area contributed by atoms with Crippen molar-refractivity contribution in [3.05, 3.63) is 35.9 Å². The monoisotopic (exact) mass is 459 g/mol. The molecule has 172 valence electrons. The molecule has 9 heteroatoms. The van der Waals surface area contributed by atoms with Gasteiger partial charge in [-0.1, -0.05) is 36.8 Å². The van der Waals surface area contributed by atoms with Crippen molar-refractivity contribution in [2.24, 2.45) is 11.3 Å². The quantitative estimate of drug-likeness (QED) is 0.541. The lowest BCUT2D eigenvalue weighted by molar-refractivity contribution is -0.129. The first kappa shape index (κ1) is 22.6. The maximum Gasteiger partial charge on any atom is 0.410 e. The van der Waals surface area contributed by atoms with Crippen molar-refractivity contribution in [2.45, 2.75) is 57.2 Å². The minimum atomic E-state index is -0.875. The zero-order chi connectivity index (χ0) is 22.7. The van der Waals surface area contributed by atoms with Crippen LogP contribution in [0.2, 0.25) is 0 Å². The van der Waals surface area contributed by atoms with E-state index in [1.807, 2.05) is 30.3 Å². The Morgan fingerprint density at radius 3 is 2.59 bits per heavy atom. The number of benzene rings is 1. The van der Waals surface area contributed by atoms with Gasteiger partial charge in [-0.05, 0) is 43.1 Å². The molecular weight excluding hydrogens is 430 g/mol. The number of hydrogen-bond donors (Lipinski definition) is 3. The number of hydrogen-bond acceptors (Lipinski definition) is 5. The standard InChI is InChI=1S/C23H29N3O5S/c27-19-16(7-10-24-19)11-17(21(29)32)25-20(28)18-12-23(8-4-9-23)14-26(18)22(30)31-13-15-5-2-1-3-6-15/h1-3,5-6,16-18H,4,7-14H2,(H,24,27)(H,25,28)(H,29,32)/t16-,17-,18-/m0/s1. The lowest BCUT2D eigenvalue weighted by Gasteiger charge is -2.37. The first-order valence-corrected chi connectivity index (χ1v) is 11.6. The molecule has 4 rings (SSSR count). The first-order valence-electron chi connectivity index (χ1n) is 11.2. The molecule has 1 aliphatic carbocycles. The van der Waals surface area contributed by atoms with E-state index < -0.39 is 29.2 Å². The number of amides is 3. The van der Waals surface area contributed by atoms with Gasteiger partial charge in [0.1, 0.15) is 12.6 Å². The maximum absolute atomic E-state index is 13.2. The molecule has 3 aliphatic rings. The van der Waals surface area contributed by atoms with Gasteiger partial charge in [-0.2, -0.15) is 0 Å². The van der Waals surface area contributed by atoms with Crippen LogP contribution in [0.15, 0.2) is 30.3 Å². The Kier molecular flexibility index (Phi) is 6.74. The van der Waals surface area contributed by atoms with Crippen molar-refractivity contribution in [2.75, 3.05) is 13.1 Å². The molecular formula is C23H29N3O5S. The number of nitrogens with one attached hydrogen (secondary N) is 2. The third-order valence-corrected chi connectivity index (χ3v) is 7.27. The Labute approximate surface area is 192 Å². The second-order valence-electron chi connectivity index (χ2n) is 9.15. The maximum atomic E-state index is 13.2. The molecule has 2 heterocycles. The van der Waals surface area contributed by atoms with Crippen LogP contribution in [0.4, 0.5) is 4.79 Å². The minimum Gasteiger partial charge on any atom is -0.445 e. The van der Waals surface area contributed by atoms with Crippen LogP contribution in [0, 0.1) is 11.3 Å². The van der Waals surface area contributed by atoms with E-state index >= 15 is 0 Å². The molecule has 3 fully saturated rings.